The zero-order chi connectivity index (χ0) is 24.1. The van der Waals surface area contributed by atoms with Crippen molar-refractivity contribution in [1.82, 2.24) is 15.1 Å². The fraction of sp³-hybridized carbons (Fsp3) is 0.333. The number of carbonyl (C=O) groups excluding carboxylic acids is 1. The number of anilines is 1. The Bertz CT molecular complexity index is 1430. The molecule has 3 heterocycles. The van der Waals surface area contributed by atoms with E-state index in [0.29, 0.717) is 5.92 Å². The van der Waals surface area contributed by atoms with Gasteiger partial charge in [0.05, 0.1) is 29.8 Å². The highest BCUT2D eigenvalue weighted by atomic mass is 16.5. The molecule has 6 heteroatoms. The number of H-pyrrole nitrogens is 1. The molecule has 7 rings (SSSR count). The second-order valence-electron chi connectivity index (χ2n) is 10.4. The molecule has 0 bridgehead atoms. The molecule has 2 N–H and O–H groups in total. The maximum atomic E-state index is 12.9. The van der Waals surface area contributed by atoms with E-state index in [1.807, 2.05) is 18.2 Å². The summed E-state index contributed by atoms with van der Waals surface area (Å²) in [5.41, 5.74) is 6.06. The van der Waals surface area contributed by atoms with Gasteiger partial charge in [-0.2, -0.15) is 5.10 Å². The van der Waals surface area contributed by atoms with E-state index >= 15 is 0 Å². The fourth-order valence-corrected chi connectivity index (χ4v) is 6.18. The summed E-state index contributed by atoms with van der Waals surface area (Å²) < 4.78 is 5.46. The van der Waals surface area contributed by atoms with Crippen LogP contribution in [0.5, 0.6) is 0 Å². The van der Waals surface area contributed by atoms with Gasteiger partial charge < -0.3 is 10.1 Å². The summed E-state index contributed by atoms with van der Waals surface area (Å²) in [6.07, 6.45) is 13.1. The molecule has 182 valence electrons. The van der Waals surface area contributed by atoms with E-state index in [2.05, 4.69) is 75.1 Å². The number of aromatic amines is 1. The number of allylic oxidation sites excluding steroid dienone is 4. The van der Waals surface area contributed by atoms with Crippen LogP contribution >= 0.6 is 0 Å². The number of hydrogen-bond donors (Lipinski definition) is 2. The molecular weight excluding hydrogens is 448 g/mol. The Morgan fingerprint density at radius 3 is 2.89 bits per heavy atom. The topological polar surface area (TPSA) is 70.2 Å². The number of carbonyl (C=O) groups is 1. The van der Waals surface area contributed by atoms with Crippen molar-refractivity contribution in [3.63, 3.8) is 0 Å². The van der Waals surface area contributed by atoms with Gasteiger partial charge in [-0.15, -0.1) is 0 Å². The Hall–Kier alpha value is -3.48. The van der Waals surface area contributed by atoms with Crippen molar-refractivity contribution in [2.75, 3.05) is 38.2 Å². The van der Waals surface area contributed by atoms with Crippen molar-refractivity contribution in [2.45, 2.75) is 24.2 Å². The number of hydrogen-bond acceptors (Lipinski definition) is 4. The lowest BCUT2D eigenvalue weighted by Gasteiger charge is -2.29. The molecule has 2 fully saturated rings. The molecule has 36 heavy (non-hydrogen) atoms. The Morgan fingerprint density at radius 2 is 2.03 bits per heavy atom. The van der Waals surface area contributed by atoms with Crippen molar-refractivity contribution in [1.29, 1.82) is 0 Å². The third kappa shape index (κ3) is 3.64. The normalized spacial score (nSPS) is 27.6. The van der Waals surface area contributed by atoms with Crippen LogP contribution in [0.3, 0.4) is 0 Å². The Kier molecular flexibility index (Phi) is 5.19. The largest absolute Gasteiger partial charge is 0.379 e. The summed E-state index contributed by atoms with van der Waals surface area (Å²) in [4.78, 5) is 15.4. The molecule has 2 aromatic carbocycles. The van der Waals surface area contributed by atoms with Crippen LogP contribution in [0.1, 0.15) is 35.6 Å². The molecule has 3 aromatic rings. The zero-order valence-electron chi connectivity index (χ0n) is 20.2. The standard InChI is InChI=1S/C30H30N4O2/c35-29-30(24-3-1-2-4-27(24)31-29)18-25(30)22-10-11-23-26(32-33-28(23)17-22)12-9-20-5-7-21(8-6-20)19-34-13-15-36-16-14-34/h1-7,9-12,17,21,25H,8,13-16,18-19H2,(H,31,35)(H,32,33)/b12-9+/t21?,25-,30-/m0/s1. The van der Waals surface area contributed by atoms with Gasteiger partial charge in [-0.05, 0) is 53.7 Å². The van der Waals surface area contributed by atoms with Gasteiger partial charge >= 0.3 is 0 Å². The predicted molar refractivity (Wildman–Crippen MR) is 142 cm³/mol. The van der Waals surface area contributed by atoms with Crippen LogP contribution in [0.4, 0.5) is 5.69 Å². The van der Waals surface area contributed by atoms with Crippen molar-refractivity contribution in [2.24, 2.45) is 5.92 Å². The maximum absolute atomic E-state index is 12.9. The molecule has 2 aliphatic carbocycles. The Balaban J connectivity index is 1.05. The van der Waals surface area contributed by atoms with Crippen molar-refractivity contribution in [3.8, 4) is 0 Å². The molecular formula is C30H30N4O2. The van der Waals surface area contributed by atoms with Crippen LogP contribution in [0.25, 0.3) is 17.0 Å². The number of benzene rings is 2. The van der Waals surface area contributed by atoms with E-state index < -0.39 is 5.41 Å². The van der Waals surface area contributed by atoms with Gasteiger partial charge in [0.2, 0.25) is 5.91 Å². The number of rotatable bonds is 5. The average molecular weight is 479 g/mol. The summed E-state index contributed by atoms with van der Waals surface area (Å²) in [7, 11) is 0. The number of para-hydroxylation sites is 1. The minimum Gasteiger partial charge on any atom is -0.379 e. The fourth-order valence-electron chi connectivity index (χ4n) is 6.18. The summed E-state index contributed by atoms with van der Waals surface area (Å²) in [6, 6.07) is 14.6. The number of morpholine rings is 1. The molecule has 1 spiro atoms. The SMILES string of the molecule is O=C1Nc2ccccc2[C@]12C[C@H]2c1ccc2c(/C=C/C3=CCC(CN4CCOCC4)C=C3)n[nH]c2c1. The first-order valence-electron chi connectivity index (χ1n) is 13.0. The molecule has 3 atom stereocenters. The lowest BCUT2D eigenvalue weighted by atomic mass is 9.92. The molecule has 4 aliphatic rings. The summed E-state index contributed by atoms with van der Waals surface area (Å²) in [5, 5.41) is 12.0. The van der Waals surface area contributed by atoms with Gasteiger partial charge in [-0.1, -0.05) is 54.6 Å². The van der Waals surface area contributed by atoms with Crippen LogP contribution in [0.15, 0.2) is 72.3 Å². The zero-order valence-corrected chi connectivity index (χ0v) is 20.2. The second kappa shape index (κ2) is 8.57. The number of amides is 1. The van der Waals surface area contributed by atoms with Crippen molar-refractivity contribution in [3.05, 3.63) is 89.2 Å². The first-order valence-corrected chi connectivity index (χ1v) is 13.0. The quantitative estimate of drug-likeness (QED) is 0.553. The molecule has 2 aliphatic heterocycles. The predicted octanol–water partition coefficient (Wildman–Crippen LogP) is 4.79. The van der Waals surface area contributed by atoms with Gasteiger partial charge in [-0.3, -0.25) is 14.8 Å². The van der Waals surface area contributed by atoms with Gasteiger partial charge in [0.1, 0.15) is 0 Å². The van der Waals surface area contributed by atoms with Crippen molar-refractivity contribution >= 4 is 28.6 Å². The summed E-state index contributed by atoms with van der Waals surface area (Å²) in [5.74, 6) is 0.906. The lowest BCUT2D eigenvalue weighted by molar-refractivity contribution is -0.118. The molecule has 1 saturated heterocycles. The highest BCUT2D eigenvalue weighted by Gasteiger charge is 2.65. The van der Waals surface area contributed by atoms with Gasteiger partial charge in [0, 0.05) is 36.6 Å². The van der Waals surface area contributed by atoms with Crippen molar-refractivity contribution < 1.29 is 9.53 Å². The Morgan fingerprint density at radius 1 is 1.14 bits per heavy atom. The molecule has 6 nitrogen and oxygen atoms in total. The highest BCUT2D eigenvalue weighted by molar-refractivity contribution is 6.09. The highest BCUT2D eigenvalue weighted by Crippen LogP contribution is 2.64. The van der Waals surface area contributed by atoms with Gasteiger partial charge in [0.25, 0.3) is 0 Å². The minimum atomic E-state index is -0.410. The number of aromatic nitrogens is 2. The van der Waals surface area contributed by atoms with Gasteiger partial charge in [0.15, 0.2) is 0 Å². The monoisotopic (exact) mass is 478 g/mol. The van der Waals surface area contributed by atoms with Crippen LogP contribution in [-0.2, 0) is 14.9 Å². The molecule has 1 saturated carbocycles. The third-order valence-electron chi connectivity index (χ3n) is 8.29. The van der Waals surface area contributed by atoms with Gasteiger partial charge in [-0.25, -0.2) is 0 Å². The molecule has 1 unspecified atom stereocenters. The van der Waals surface area contributed by atoms with Crippen LogP contribution in [0.2, 0.25) is 0 Å². The third-order valence-corrected chi connectivity index (χ3v) is 8.29. The summed E-state index contributed by atoms with van der Waals surface area (Å²) >= 11 is 0. The number of ether oxygens (including phenoxy) is 1. The molecule has 1 amide bonds. The minimum absolute atomic E-state index is 0.128. The molecule has 0 radical (unpaired) electrons. The second-order valence-corrected chi connectivity index (χ2v) is 10.4. The summed E-state index contributed by atoms with van der Waals surface area (Å²) in [6.45, 7) is 4.89. The number of nitrogens with one attached hydrogen (secondary N) is 2. The first-order chi connectivity index (χ1) is 17.7. The van der Waals surface area contributed by atoms with E-state index in [4.69, 9.17) is 4.74 Å². The number of nitrogens with zero attached hydrogens (tertiary/aromatic N) is 2. The lowest BCUT2D eigenvalue weighted by Crippen LogP contribution is -2.39. The Labute approximate surface area is 210 Å². The smallest absolute Gasteiger partial charge is 0.235 e. The molecule has 1 aromatic heterocycles. The maximum Gasteiger partial charge on any atom is 0.235 e. The van der Waals surface area contributed by atoms with Crippen LogP contribution in [0, 0.1) is 5.92 Å². The van der Waals surface area contributed by atoms with E-state index in [9.17, 15) is 4.79 Å². The van der Waals surface area contributed by atoms with E-state index in [1.54, 1.807) is 0 Å². The van der Waals surface area contributed by atoms with Crippen LogP contribution in [-0.4, -0.2) is 53.9 Å². The van der Waals surface area contributed by atoms with E-state index in [1.165, 1.54) is 11.1 Å². The van der Waals surface area contributed by atoms with Crippen LogP contribution < -0.4 is 5.32 Å². The first kappa shape index (κ1) is 21.8. The number of fused-ring (bicyclic) bond motifs is 3. The van der Waals surface area contributed by atoms with E-state index in [0.717, 1.165) is 73.5 Å². The average Bonchev–Trinajstić information content (AvgIpc) is 3.45. The van der Waals surface area contributed by atoms with E-state index in [-0.39, 0.29) is 11.8 Å².